The van der Waals surface area contributed by atoms with Gasteiger partial charge in [-0.15, -0.1) is 0 Å². The van der Waals surface area contributed by atoms with Gasteiger partial charge in [-0.3, -0.25) is 4.79 Å². The maximum absolute atomic E-state index is 12.1. The average molecular weight is 432 g/mol. The number of amides is 1. The maximum Gasteiger partial charge on any atom is 0.250 e. The molecule has 32 heavy (non-hydrogen) atoms. The van der Waals surface area contributed by atoms with Crippen LogP contribution in [0.15, 0.2) is 60.7 Å². The summed E-state index contributed by atoms with van der Waals surface area (Å²) in [7, 11) is 0. The fourth-order valence-electron chi connectivity index (χ4n) is 3.67. The van der Waals surface area contributed by atoms with Gasteiger partial charge in [0.1, 0.15) is 12.4 Å². The molecule has 0 saturated carbocycles. The normalized spacial score (nSPS) is 13.6. The van der Waals surface area contributed by atoms with Crippen LogP contribution < -0.4 is 15.5 Å². The summed E-state index contributed by atoms with van der Waals surface area (Å²) in [5.74, 6) is 1.37. The molecule has 0 aliphatic carbocycles. The minimum absolute atomic E-state index is 0.00832. The Morgan fingerprint density at radius 3 is 2.44 bits per heavy atom. The van der Waals surface area contributed by atoms with E-state index in [1.54, 1.807) is 0 Å². The third kappa shape index (κ3) is 6.28. The lowest BCUT2D eigenvalue weighted by atomic mass is 10.1. The predicted molar refractivity (Wildman–Crippen MR) is 127 cm³/mol. The zero-order valence-electron chi connectivity index (χ0n) is 18.4. The standard InChI is InChI=1S/C25H29N5O2/c1-19-16-23(29-25(26-19)30-14-6-3-7-15-30)27-21-10-12-22(13-11-21)28-24(31)18-32-17-20-8-4-2-5-9-20/h2,4-5,8-13,16H,3,6-7,14-15,17-18H2,1H3,(H,28,31)(H,26,27,29). The van der Waals surface area contributed by atoms with Gasteiger partial charge in [-0.05, 0) is 56.0 Å². The van der Waals surface area contributed by atoms with Gasteiger partial charge in [-0.1, -0.05) is 30.3 Å². The van der Waals surface area contributed by atoms with Crippen molar-refractivity contribution < 1.29 is 9.53 Å². The molecule has 166 valence electrons. The summed E-state index contributed by atoms with van der Waals surface area (Å²) in [6.45, 7) is 4.42. The third-order valence-electron chi connectivity index (χ3n) is 5.27. The molecule has 0 bridgehead atoms. The van der Waals surface area contributed by atoms with E-state index in [1.165, 1.54) is 19.3 Å². The summed E-state index contributed by atoms with van der Waals surface area (Å²) < 4.78 is 5.49. The van der Waals surface area contributed by atoms with E-state index < -0.39 is 0 Å². The Morgan fingerprint density at radius 2 is 1.69 bits per heavy atom. The van der Waals surface area contributed by atoms with Crippen LogP contribution in [-0.2, 0) is 16.1 Å². The minimum atomic E-state index is -0.181. The molecule has 2 heterocycles. The molecule has 0 spiro atoms. The second kappa shape index (κ2) is 10.7. The summed E-state index contributed by atoms with van der Waals surface area (Å²) in [5, 5.41) is 6.20. The zero-order chi connectivity index (χ0) is 22.2. The SMILES string of the molecule is Cc1cc(Nc2ccc(NC(=O)COCc3ccccc3)cc2)nc(N2CCCCC2)n1. The van der Waals surface area contributed by atoms with E-state index in [2.05, 4.69) is 20.5 Å². The molecule has 0 atom stereocenters. The van der Waals surface area contributed by atoms with Crippen molar-refractivity contribution in [3.8, 4) is 0 Å². The number of nitrogens with zero attached hydrogens (tertiary/aromatic N) is 3. The van der Waals surface area contributed by atoms with Gasteiger partial charge in [0, 0.05) is 36.2 Å². The number of aryl methyl sites for hydroxylation is 1. The summed E-state index contributed by atoms with van der Waals surface area (Å²) >= 11 is 0. The summed E-state index contributed by atoms with van der Waals surface area (Å²) in [5.41, 5.74) is 3.59. The number of carbonyl (C=O) groups is 1. The molecule has 1 aliphatic heterocycles. The van der Waals surface area contributed by atoms with Gasteiger partial charge in [0.05, 0.1) is 6.61 Å². The van der Waals surface area contributed by atoms with E-state index in [4.69, 9.17) is 9.72 Å². The van der Waals surface area contributed by atoms with Gasteiger partial charge in [-0.2, -0.15) is 4.98 Å². The van der Waals surface area contributed by atoms with Crippen molar-refractivity contribution in [2.24, 2.45) is 0 Å². The van der Waals surface area contributed by atoms with Crippen molar-refractivity contribution in [1.29, 1.82) is 0 Å². The van der Waals surface area contributed by atoms with Crippen molar-refractivity contribution in [3.63, 3.8) is 0 Å². The molecule has 1 aliphatic rings. The second-order valence-corrected chi connectivity index (χ2v) is 7.97. The molecule has 1 saturated heterocycles. The average Bonchev–Trinajstić information content (AvgIpc) is 2.81. The van der Waals surface area contributed by atoms with Crippen molar-refractivity contribution in [2.45, 2.75) is 32.8 Å². The highest BCUT2D eigenvalue weighted by Crippen LogP contribution is 2.22. The van der Waals surface area contributed by atoms with Gasteiger partial charge in [0.25, 0.3) is 0 Å². The van der Waals surface area contributed by atoms with Crippen LogP contribution in [0.4, 0.5) is 23.1 Å². The topological polar surface area (TPSA) is 79.4 Å². The summed E-state index contributed by atoms with van der Waals surface area (Å²) in [6.07, 6.45) is 3.64. The fourth-order valence-corrected chi connectivity index (χ4v) is 3.67. The minimum Gasteiger partial charge on any atom is -0.367 e. The lowest BCUT2D eigenvalue weighted by Gasteiger charge is -2.27. The van der Waals surface area contributed by atoms with Crippen molar-refractivity contribution >= 4 is 29.0 Å². The molecular formula is C25H29N5O2. The van der Waals surface area contributed by atoms with Crippen LogP contribution in [0, 0.1) is 6.92 Å². The molecular weight excluding hydrogens is 402 g/mol. The highest BCUT2D eigenvalue weighted by atomic mass is 16.5. The third-order valence-corrected chi connectivity index (χ3v) is 5.27. The van der Waals surface area contributed by atoms with Gasteiger partial charge in [0.15, 0.2) is 0 Å². The van der Waals surface area contributed by atoms with Crippen LogP contribution in [-0.4, -0.2) is 35.6 Å². The number of anilines is 4. The number of carbonyl (C=O) groups excluding carboxylic acids is 1. The Morgan fingerprint density at radius 1 is 0.969 bits per heavy atom. The number of hydrogen-bond donors (Lipinski definition) is 2. The number of ether oxygens (including phenoxy) is 1. The van der Waals surface area contributed by atoms with Gasteiger partial charge < -0.3 is 20.3 Å². The molecule has 1 amide bonds. The monoisotopic (exact) mass is 431 g/mol. The smallest absolute Gasteiger partial charge is 0.250 e. The Hall–Kier alpha value is -3.45. The number of hydrogen-bond acceptors (Lipinski definition) is 6. The quantitative estimate of drug-likeness (QED) is 0.539. The molecule has 1 aromatic heterocycles. The Bertz CT molecular complexity index is 1020. The van der Waals surface area contributed by atoms with Crippen LogP contribution in [0.5, 0.6) is 0 Å². The molecule has 0 unspecified atom stereocenters. The van der Waals surface area contributed by atoms with Crippen molar-refractivity contribution in [1.82, 2.24) is 9.97 Å². The zero-order valence-corrected chi connectivity index (χ0v) is 18.4. The highest BCUT2D eigenvalue weighted by molar-refractivity contribution is 5.91. The van der Waals surface area contributed by atoms with Gasteiger partial charge in [-0.25, -0.2) is 4.98 Å². The first-order valence-corrected chi connectivity index (χ1v) is 11.0. The largest absolute Gasteiger partial charge is 0.367 e. The number of piperidine rings is 1. The lowest BCUT2D eigenvalue weighted by Crippen LogP contribution is -2.31. The number of benzene rings is 2. The predicted octanol–water partition coefficient (Wildman–Crippen LogP) is 4.67. The van der Waals surface area contributed by atoms with Crippen LogP contribution in [0.25, 0.3) is 0 Å². The van der Waals surface area contributed by atoms with E-state index in [9.17, 15) is 4.79 Å². The highest BCUT2D eigenvalue weighted by Gasteiger charge is 2.14. The van der Waals surface area contributed by atoms with Gasteiger partial charge in [0.2, 0.25) is 11.9 Å². The number of rotatable bonds is 8. The molecule has 1 fully saturated rings. The first-order valence-electron chi connectivity index (χ1n) is 11.0. The fraction of sp³-hybridized carbons (Fsp3) is 0.320. The summed E-state index contributed by atoms with van der Waals surface area (Å²) in [4.78, 5) is 23.7. The molecule has 7 nitrogen and oxygen atoms in total. The second-order valence-electron chi connectivity index (χ2n) is 7.97. The van der Waals surface area contributed by atoms with Crippen LogP contribution in [0.2, 0.25) is 0 Å². The Balaban J connectivity index is 1.30. The maximum atomic E-state index is 12.1. The van der Waals surface area contributed by atoms with E-state index in [0.29, 0.717) is 6.61 Å². The first kappa shape index (κ1) is 21.8. The first-order chi connectivity index (χ1) is 15.7. The van der Waals surface area contributed by atoms with E-state index in [1.807, 2.05) is 67.6 Å². The van der Waals surface area contributed by atoms with Crippen molar-refractivity contribution in [2.75, 3.05) is 35.2 Å². The molecule has 2 N–H and O–H groups in total. The lowest BCUT2D eigenvalue weighted by molar-refractivity contribution is -0.121. The van der Waals surface area contributed by atoms with E-state index in [-0.39, 0.29) is 12.5 Å². The van der Waals surface area contributed by atoms with E-state index >= 15 is 0 Å². The molecule has 0 radical (unpaired) electrons. The number of aromatic nitrogens is 2. The Labute approximate surface area is 188 Å². The molecule has 3 aromatic rings. The number of nitrogens with one attached hydrogen (secondary N) is 2. The van der Waals surface area contributed by atoms with Crippen LogP contribution in [0.3, 0.4) is 0 Å². The van der Waals surface area contributed by atoms with Crippen LogP contribution >= 0.6 is 0 Å². The Kier molecular flexibility index (Phi) is 7.30. The molecule has 7 heteroatoms. The van der Waals surface area contributed by atoms with Gasteiger partial charge >= 0.3 is 0 Å². The summed E-state index contributed by atoms with van der Waals surface area (Å²) in [6, 6.07) is 19.3. The molecule has 4 rings (SSSR count). The van der Waals surface area contributed by atoms with Crippen molar-refractivity contribution in [3.05, 3.63) is 71.9 Å². The molecule has 2 aromatic carbocycles. The van der Waals surface area contributed by atoms with Crippen LogP contribution in [0.1, 0.15) is 30.5 Å². The van der Waals surface area contributed by atoms with E-state index in [0.717, 1.165) is 47.5 Å².